The van der Waals surface area contributed by atoms with E-state index in [2.05, 4.69) is 53.0 Å². The maximum Gasteiger partial charge on any atom is 0.0163 e. The molecule has 0 heterocycles. The van der Waals surface area contributed by atoms with Crippen molar-refractivity contribution in [2.75, 3.05) is 13.1 Å². The number of hydrogen-bond donors (Lipinski definition) is 1. The zero-order valence-electron chi connectivity index (χ0n) is 11.3. The summed E-state index contributed by atoms with van der Waals surface area (Å²) in [6.45, 7) is 18.8. The molecule has 0 aliphatic heterocycles. The van der Waals surface area contributed by atoms with Gasteiger partial charge in [-0.3, -0.25) is 4.90 Å². The SMILES string of the molecule is C=CCN(CC(C)(C)C(C)(C)N)C(C)C. The lowest BCUT2D eigenvalue weighted by molar-refractivity contribution is 0.102. The molecule has 0 aliphatic rings. The molecule has 0 saturated carbocycles. The number of nitrogens with zero attached hydrogens (tertiary/aromatic N) is 1. The van der Waals surface area contributed by atoms with Crippen LogP contribution in [0.25, 0.3) is 0 Å². The summed E-state index contributed by atoms with van der Waals surface area (Å²) in [6.07, 6.45) is 1.96. The van der Waals surface area contributed by atoms with Gasteiger partial charge in [0.25, 0.3) is 0 Å². The van der Waals surface area contributed by atoms with Crippen LogP contribution in [0.3, 0.4) is 0 Å². The minimum Gasteiger partial charge on any atom is -0.325 e. The topological polar surface area (TPSA) is 29.3 Å². The van der Waals surface area contributed by atoms with Crippen LogP contribution in [0.15, 0.2) is 12.7 Å². The first-order chi connectivity index (χ1) is 6.62. The van der Waals surface area contributed by atoms with Crippen molar-refractivity contribution in [1.82, 2.24) is 4.90 Å². The van der Waals surface area contributed by atoms with E-state index in [4.69, 9.17) is 5.73 Å². The van der Waals surface area contributed by atoms with Crippen LogP contribution >= 0.6 is 0 Å². The zero-order chi connectivity index (χ0) is 12.3. The summed E-state index contributed by atoms with van der Waals surface area (Å²) in [5.74, 6) is 0. The van der Waals surface area contributed by atoms with E-state index in [1.54, 1.807) is 0 Å². The molecule has 15 heavy (non-hydrogen) atoms. The van der Waals surface area contributed by atoms with Crippen molar-refractivity contribution in [3.63, 3.8) is 0 Å². The Kier molecular flexibility index (Phi) is 5.01. The number of hydrogen-bond acceptors (Lipinski definition) is 2. The zero-order valence-corrected chi connectivity index (χ0v) is 11.3. The molecule has 0 rings (SSSR count). The molecule has 0 amide bonds. The Morgan fingerprint density at radius 3 is 2.00 bits per heavy atom. The second-order valence-electron chi connectivity index (χ2n) is 5.92. The molecular formula is C13H28N2. The van der Waals surface area contributed by atoms with Gasteiger partial charge in [0.15, 0.2) is 0 Å². The molecule has 90 valence electrons. The van der Waals surface area contributed by atoms with Crippen molar-refractivity contribution in [2.45, 2.75) is 53.1 Å². The van der Waals surface area contributed by atoms with Gasteiger partial charge in [0.2, 0.25) is 0 Å². The number of nitrogens with two attached hydrogens (primary N) is 1. The van der Waals surface area contributed by atoms with Gasteiger partial charge < -0.3 is 5.73 Å². The third kappa shape index (κ3) is 4.35. The average molecular weight is 212 g/mol. The molecule has 2 N–H and O–H groups in total. The van der Waals surface area contributed by atoms with Crippen molar-refractivity contribution < 1.29 is 0 Å². The van der Waals surface area contributed by atoms with Crippen molar-refractivity contribution in [3.8, 4) is 0 Å². The summed E-state index contributed by atoms with van der Waals surface area (Å²) in [5.41, 5.74) is 6.14. The second kappa shape index (κ2) is 5.13. The highest BCUT2D eigenvalue weighted by molar-refractivity contribution is 4.93. The molecule has 0 saturated heterocycles. The summed E-state index contributed by atoms with van der Waals surface area (Å²) < 4.78 is 0. The van der Waals surface area contributed by atoms with E-state index in [0.29, 0.717) is 6.04 Å². The fourth-order valence-corrected chi connectivity index (χ4v) is 1.34. The molecule has 0 unspecified atom stereocenters. The molecule has 0 fully saturated rings. The first kappa shape index (κ1) is 14.7. The fourth-order valence-electron chi connectivity index (χ4n) is 1.34. The van der Waals surface area contributed by atoms with Gasteiger partial charge >= 0.3 is 0 Å². The van der Waals surface area contributed by atoms with Gasteiger partial charge in [0, 0.05) is 24.7 Å². The predicted octanol–water partition coefficient (Wildman–Crippen LogP) is 2.65. The normalized spacial score (nSPS) is 13.7. The summed E-state index contributed by atoms with van der Waals surface area (Å²) in [7, 11) is 0. The lowest BCUT2D eigenvalue weighted by Gasteiger charge is -2.43. The van der Waals surface area contributed by atoms with Gasteiger partial charge in [0.1, 0.15) is 0 Å². The van der Waals surface area contributed by atoms with Crippen LogP contribution in [0.1, 0.15) is 41.5 Å². The van der Waals surface area contributed by atoms with Crippen molar-refractivity contribution in [3.05, 3.63) is 12.7 Å². The van der Waals surface area contributed by atoms with Crippen molar-refractivity contribution >= 4 is 0 Å². The van der Waals surface area contributed by atoms with Gasteiger partial charge in [-0.15, -0.1) is 6.58 Å². The molecule has 0 aromatic heterocycles. The second-order valence-corrected chi connectivity index (χ2v) is 5.92. The van der Waals surface area contributed by atoms with Crippen molar-refractivity contribution in [1.29, 1.82) is 0 Å². The summed E-state index contributed by atoms with van der Waals surface area (Å²) in [5, 5.41) is 0. The molecule has 0 spiro atoms. The van der Waals surface area contributed by atoms with Crippen molar-refractivity contribution in [2.24, 2.45) is 11.1 Å². The summed E-state index contributed by atoms with van der Waals surface area (Å²) in [6, 6.07) is 0.532. The van der Waals surface area contributed by atoms with Crippen LogP contribution in [0, 0.1) is 5.41 Å². The quantitative estimate of drug-likeness (QED) is 0.686. The maximum atomic E-state index is 6.21. The summed E-state index contributed by atoms with van der Waals surface area (Å²) in [4.78, 5) is 2.40. The predicted molar refractivity (Wildman–Crippen MR) is 69.0 cm³/mol. The average Bonchev–Trinajstić information content (AvgIpc) is 2.00. The summed E-state index contributed by atoms with van der Waals surface area (Å²) >= 11 is 0. The molecule has 0 aromatic rings. The van der Waals surface area contributed by atoms with E-state index in [1.165, 1.54) is 0 Å². The Labute approximate surface area is 95.5 Å². The van der Waals surface area contributed by atoms with Crippen LogP contribution in [-0.4, -0.2) is 29.6 Å². The van der Waals surface area contributed by atoms with Gasteiger partial charge in [-0.25, -0.2) is 0 Å². The fraction of sp³-hybridized carbons (Fsp3) is 0.846. The van der Waals surface area contributed by atoms with Gasteiger partial charge in [-0.2, -0.15) is 0 Å². The third-order valence-electron chi connectivity index (χ3n) is 3.44. The highest BCUT2D eigenvalue weighted by Gasteiger charge is 2.35. The Morgan fingerprint density at radius 1 is 1.27 bits per heavy atom. The monoisotopic (exact) mass is 212 g/mol. The standard InChI is InChI=1S/C13H28N2/c1-8-9-15(11(2)3)10-12(4,5)13(6,7)14/h8,11H,1,9-10,14H2,2-7H3. The molecule has 0 radical (unpaired) electrons. The van der Waals surface area contributed by atoms with E-state index in [0.717, 1.165) is 13.1 Å². The molecular weight excluding hydrogens is 184 g/mol. The molecule has 0 atom stereocenters. The van der Waals surface area contributed by atoms with Gasteiger partial charge in [-0.1, -0.05) is 19.9 Å². The van der Waals surface area contributed by atoms with Crippen LogP contribution in [0.4, 0.5) is 0 Å². The highest BCUT2D eigenvalue weighted by Crippen LogP contribution is 2.29. The Bertz CT molecular complexity index is 199. The van der Waals surface area contributed by atoms with E-state index in [9.17, 15) is 0 Å². The Morgan fingerprint density at radius 2 is 1.73 bits per heavy atom. The number of rotatable bonds is 6. The van der Waals surface area contributed by atoms with Gasteiger partial charge in [0.05, 0.1) is 0 Å². The molecule has 2 heteroatoms. The van der Waals surface area contributed by atoms with Crippen LogP contribution in [0.5, 0.6) is 0 Å². The van der Waals surface area contributed by atoms with Gasteiger partial charge in [-0.05, 0) is 33.1 Å². The smallest absolute Gasteiger partial charge is 0.0163 e. The Hall–Kier alpha value is -0.340. The first-order valence-electron chi connectivity index (χ1n) is 5.75. The maximum absolute atomic E-state index is 6.21. The molecule has 0 aromatic carbocycles. The van der Waals surface area contributed by atoms with E-state index in [-0.39, 0.29) is 11.0 Å². The molecule has 0 bridgehead atoms. The van der Waals surface area contributed by atoms with E-state index in [1.807, 2.05) is 6.08 Å². The lowest BCUT2D eigenvalue weighted by atomic mass is 9.74. The minimum atomic E-state index is -0.165. The molecule has 2 nitrogen and oxygen atoms in total. The largest absolute Gasteiger partial charge is 0.325 e. The van der Waals surface area contributed by atoms with E-state index < -0.39 is 0 Å². The molecule has 0 aliphatic carbocycles. The first-order valence-corrected chi connectivity index (χ1v) is 5.75. The minimum absolute atomic E-state index is 0.0975. The Balaban J connectivity index is 4.59. The van der Waals surface area contributed by atoms with Crippen LogP contribution in [0.2, 0.25) is 0 Å². The lowest BCUT2D eigenvalue weighted by Crippen LogP contribution is -2.54. The third-order valence-corrected chi connectivity index (χ3v) is 3.44. The van der Waals surface area contributed by atoms with Crippen LogP contribution < -0.4 is 5.73 Å². The highest BCUT2D eigenvalue weighted by atomic mass is 15.2. The van der Waals surface area contributed by atoms with Crippen LogP contribution in [-0.2, 0) is 0 Å². The van der Waals surface area contributed by atoms with E-state index >= 15 is 0 Å².